The predicted molar refractivity (Wildman–Crippen MR) is 101 cm³/mol. The average Bonchev–Trinajstić information content (AvgIpc) is 3.03. The monoisotopic (exact) mass is 381 g/mol. The highest BCUT2D eigenvalue weighted by Crippen LogP contribution is 2.30. The Morgan fingerprint density at radius 2 is 2.31 bits per heavy atom. The summed E-state index contributed by atoms with van der Waals surface area (Å²) in [6, 6.07) is 2.38. The highest BCUT2D eigenvalue weighted by Gasteiger charge is 2.40. The van der Waals surface area contributed by atoms with Crippen LogP contribution in [0.3, 0.4) is 0 Å². The maximum absolute atomic E-state index is 12.8. The second-order valence-corrected chi connectivity index (χ2v) is 7.16. The molecule has 1 amide bonds. The van der Waals surface area contributed by atoms with Crippen LogP contribution in [0.5, 0.6) is 5.75 Å². The van der Waals surface area contributed by atoms with Crippen molar-refractivity contribution in [2.75, 3.05) is 12.9 Å². The molecule has 1 aliphatic rings. The third-order valence-corrected chi connectivity index (χ3v) is 5.38. The number of amides is 1. The number of ether oxygens (including phenoxy) is 1. The Balaban J connectivity index is 2.25. The number of rotatable bonds is 7. The number of hydrogen-bond acceptors (Lipinski definition) is 8. The fraction of sp³-hybridized carbons (Fsp3) is 0.529. The van der Waals surface area contributed by atoms with E-state index >= 15 is 0 Å². The van der Waals surface area contributed by atoms with Gasteiger partial charge >= 0.3 is 5.63 Å². The summed E-state index contributed by atoms with van der Waals surface area (Å²) in [5.74, 6) is 0.872. The minimum atomic E-state index is -0.989. The normalized spacial score (nSPS) is 21.2. The van der Waals surface area contributed by atoms with Gasteiger partial charge in [0, 0.05) is 11.8 Å². The summed E-state index contributed by atoms with van der Waals surface area (Å²) >= 11 is 1.36. The van der Waals surface area contributed by atoms with Gasteiger partial charge in [-0.2, -0.15) is 0 Å². The van der Waals surface area contributed by atoms with E-state index in [1.807, 2.05) is 6.92 Å². The van der Waals surface area contributed by atoms with E-state index in [9.17, 15) is 9.59 Å². The van der Waals surface area contributed by atoms with Crippen LogP contribution in [0, 0.1) is 0 Å². The summed E-state index contributed by atoms with van der Waals surface area (Å²) in [6.45, 7) is 5.32. The van der Waals surface area contributed by atoms with Gasteiger partial charge in [-0.25, -0.2) is 4.79 Å². The number of hydrogen-bond donors (Lipinski definition) is 2. The van der Waals surface area contributed by atoms with Crippen LogP contribution in [0.4, 0.5) is 0 Å². The molecule has 0 unspecified atom stereocenters. The Kier molecular flexibility index (Phi) is 6.47. The summed E-state index contributed by atoms with van der Waals surface area (Å²) in [7, 11) is 1.46. The molecule has 26 heavy (non-hydrogen) atoms. The maximum Gasteiger partial charge on any atom is 0.339 e. The molecular formula is C17H23N3O5S. The lowest BCUT2D eigenvalue weighted by molar-refractivity contribution is -0.125. The number of oxime groups is 1. The van der Waals surface area contributed by atoms with Crippen molar-refractivity contribution in [2.45, 2.75) is 45.2 Å². The highest BCUT2D eigenvalue weighted by atomic mass is 32.2. The lowest BCUT2D eigenvalue weighted by Crippen LogP contribution is -2.45. The molecule has 2 atom stereocenters. The van der Waals surface area contributed by atoms with E-state index in [1.165, 1.54) is 24.9 Å². The van der Waals surface area contributed by atoms with Crippen molar-refractivity contribution >= 4 is 28.4 Å². The molecule has 0 spiro atoms. The van der Waals surface area contributed by atoms with Crippen LogP contribution in [0.25, 0.3) is 0 Å². The average molecular weight is 381 g/mol. The van der Waals surface area contributed by atoms with E-state index in [-0.39, 0.29) is 5.91 Å². The predicted octanol–water partition coefficient (Wildman–Crippen LogP) is 2.36. The molecule has 0 bridgehead atoms. The molecule has 0 saturated carbocycles. The minimum Gasteiger partial charge on any atom is -0.496 e. The van der Waals surface area contributed by atoms with Gasteiger partial charge in [0.15, 0.2) is 0 Å². The van der Waals surface area contributed by atoms with E-state index in [0.29, 0.717) is 34.4 Å². The number of carbonyl (C=O) groups is 1. The molecule has 8 nitrogen and oxygen atoms in total. The number of nitrogens with one attached hydrogen (secondary N) is 1. The topological polar surface area (TPSA) is 113 Å². The number of carbonyl (C=O) groups excluding carboxylic acids is 1. The molecule has 0 aliphatic carbocycles. The van der Waals surface area contributed by atoms with E-state index in [2.05, 4.69) is 15.5 Å². The van der Waals surface area contributed by atoms with Gasteiger partial charge in [-0.05, 0) is 20.3 Å². The van der Waals surface area contributed by atoms with Gasteiger partial charge in [0.1, 0.15) is 27.8 Å². The summed E-state index contributed by atoms with van der Waals surface area (Å²) in [5.41, 5.74) is -1.15. The van der Waals surface area contributed by atoms with Crippen molar-refractivity contribution in [3.8, 4) is 5.75 Å². The first-order chi connectivity index (χ1) is 12.3. The summed E-state index contributed by atoms with van der Waals surface area (Å²) in [4.78, 5) is 29.0. The Hall–Kier alpha value is -2.29. The molecule has 9 heteroatoms. The van der Waals surface area contributed by atoms with Crippen LogP contribution in [0.15, 0.2) is 31.5 Å². The van der Waals surface area contributed by atoms with Crippen molar-refractivity contribution in [3.63, 3.8) is 0 Å². The van der Waals surface area contributed by atoms with Crippen molar-refractivity contribution in [3.05, 3.63) is 28.3 Å². The van der Waals surface area contributed by atoms with Gasteiger partial charge in [0.2, 0.25) is 5.91 Å². The molecule has 0 saturated heterocycles. The zero-order valence-electron chi connectivity index (χ0n) is 15.2. The molecule has 0 radical (unpaired) electrons. The number of methoxy groups -OCH3 is 1. The largest absolute Gasteiger partial charge is 0.496 e. The Bertz CT molecular complexity index is 789. The van der Waals surface area contributed by atoms with E-state index in [0.717, 1.165) is 6.42 Å². The van der Waals surface area contributed by atoms with E-state index in [1.54, 1.807) is 19.9 Å². The number of aliphatic imine (C=N–C) groups is 1. The Labute approximate surface area is 155 Å². The SMILES string of the molecule is CCC[C@H](NC(=O)[C@]1(C)CSC(/C(C)=N\O)=N1)c1cc(OC)cc(=O)o1. The van der Waals surface area contributed by atoms with Gasteiger partial charge in [0.05, 0.1) is 19.2 Å². The van der Waals surface area contributed by atoms with Crippen LogP contribution in [-0.2, 0) is 4.79 Å². The molecule has 1 aromatic heterocycles. The van der Waals surface area contributed by atoms with Crippen LogP contribution in [0.2, 0.25) is 0 Å². The maximum atomic E-state index is 12.8. The fourth-order valence-corrected chi connectivity index (χ4v) is 3.62. The zero-order valence-corrected chi connectivity index (χ0v) is 16.1. The molecule has 1 aromatic rings. The molecule has 2 rings (SSSR count). The molecule has 0 aromatic carbocycles. The van der Waals surface area contributed by atoms with Crippen molar-refractivity contribution in [1.29, 1.82) is 0 Å². The Morgan fingerprint density at radius 3 is 2.92 bits per heavy atom. The first-order valence-corrected chi connectivity index (χ1v) is 9.23. The van der Waals surface area contributed by atoms with E-state index in [4.69, 9.17) is 14.4 Å². The second-order valence-electron chi connectivity index (χ2n) is 6.20. The van der Waals surface area contributed by atoms with E-state index < -0.39 is 17.2 Å². The van der Waals surface area contributed by atoms with Crippen LogP contribution in [0.1, 0.15) is 45.4 Å². The fourth-order valence-electron chi connectivity index (χ4n) is 2.49. The van der Waals surface area contributed by atoms with Crippen LogP contribution < -0.4 is 15.7 Å². The number of thioether (sulfide) groups is 1. The first-order valence-electron chi connectivity index (χ1n) is 8.24. The molecule has 1 aliphatic heterocycles. The lowest BCUT2D eigenvalue weighted by Gasteiger charge is -2.24. The second kappa shape index (κ2) is 8.39. The van der Waals surface area contributed by atoms with Gasteiger partial charge in [-0.1, -0.05) is 18.5 Å². The minimum absolute atomic E-state index is 0.283. The Morgan fingerprint density at radius 1 is 1.58 bits per heavy atom. The smallest absolute Gasteiger partial charge is 0.339 e. The quantitative estimate of drug-likeness (QED) is 0.426. The lowest BCUT2D eigenvalue weighted by atomic mass is 10.0. The molecule has 2 heterocycles. The molecular weight excluding hydrogens is 358 g/mol. The first kappa shape index (κ1) is 20.0. The summed E-state index contributed by atoms with van der Waals surface area (Å²) in [6.07, 6.45) is 1.38. The standard InChI is InChI=1S/C17H23N3O5S/c1-5-6-12(13-7-11(24-4)8-14(21)25-13)18-16(22)17(3)9-26-15(19-17)10(2)20-23/h7-8,12,23H,5-6,9H2,1-4H3,(H,18,22)/b20-10-/t12-,17-/m0/s1. The van der Waals surface area contributed by atoms with Gasteiger partial charge in [-0.15, -0.1) is 11.8 Å². The zero-order chi connectivity index (χ0) is 19.3. The molecule has 142 valence electrons. The van der Waals surface area contributed by atoms with Gasteiger partial charge in [0.25, 0.3) is 0 Å². The summed E-state index contributed by atoms with van der Waals surface area (Å²) < 4.78 is 10.4. The van der Waals surface area contributed by atoms with Gasteiger partial charge < -0.3 is 19.7 Å². The third-order valence-electron chi connectivity index (χ3n) is 4.01. The van der Waals surface area contributed by atoms with Crippen molar-refractivity contribution in [1.82, 2.24) is 5.32 Å². The molecule has 2 N–H and O–H groups in total. The van der Waals surface area contributed by atoms with Crippen LogP contribution in [-0.4, -0.2) is 40.3 Å². The summed E-state index contributed by atoms with van der Waals surface area (Å²) in [5, 5.41) is 15.5. The molecule has 0 fully saturated rings. The third kappa shape index (κ3) is 4.46. The van der Waals surface area contributed by atoms with Crippen molar-refractivity contribution < 1.29 is 19.2 Å². The van der Waals surface area contributed by atoms with Crippen molar-refractivity contribution in [2.24, 2.45) is 10.1 Å². The van der Waals surface area contributed by atoms with Gasteiger partial charge in [-0.3, -0.25) is 9.79 Å². The number of nitrogens with zero attached hydrogens (tertiary/aromatic N) is 2. The van der Waals surface area contributed by atoms with Crippen LogP contribution >= 0.6 is 11.8 Å². The highest BCUT2D eigenvalue weighted by molar-refractivity contribution is 8.16.